The number of para-hydroxylation sites is 1. The van der Waals surface area contributed by atoms with Gasteiger partial charge in [0.15, 0.2) is 0 Å². The second kappa shape index (κ2) is 5.82. The van der Waals surface area contributed by atoms with Crippen LogP contribution < -0.4 is 4.74 Å². The molecule has 1 aromatic carbocycles. The van der Waals surface area contributed by atoms with E-state index in [1.165, 1.54) is 12.8 Å². The van der Waals surface area contributed by atoms with Crippen molar-refractivity contribution in [2.24, 2.45) is 5.92 Å². The zero-order valence-corrected chi connectivity index (χ0v) is 9.96. The second-order valence-corrected chi connectivity index (χ2v) is 4.28. The Hall–Kier alpha value is -1.13. The van der Waals surface area contributed by atoms with E-state index in [9.17, 15) is 0 Å². The highest BCUT2D eigenvalue weighted by atomic mass is 35.5. The molecule has 0 saturated heterocycles. The summed E-state index contributed by atoms with van der Waals surface area (Å²) in [6, 6.07) is 7.86. The summed E-state index contributed by atoms with van der Waals surface area (Å²) in [6.07, 6.45) is 3.91. The molecule has 1 aliphatic rings. The van der Waals surface area contributed by atoms with Gasteiger partial charge >= 0.3 is 0 Å². The maximum Gasteiger partial charge on any atom is 0.134 e. The Bertz CT molecular complexity index is 399. The smallest absolute Gasteiger partial charge is 0.134 e. The molecule has 2 rings (SSSR count). The fourth-order valence-corrected chi connectivity index (χ4v) is 1.63. The molecular weight excluding hydrogens is 220 g/mol. The number of benzene rings is 1. The molecular formula is C14H15ClO. The van der Waals surface area contributed by atoms with Gasteiger partial charge in [-0.3, -0.25) is 0 Å². The minimum Gasteiger partial charge on any atom is -0.492 e. The number of halogens is 1. The molecule has 0 bridgehead atoms. The minimum absolute atomic E-state index is 0.358. The first-order chi connectivity index (χ1) is 7.90. The summed E-state index contributed by atoms with van der Waals surface area (Å²) in [4.78, 5) is 0. The normalized spacial score (nSPS) is 14.1. The van der Waals surface area contributed by atoms with Crippen molar-refractivity contribution in [1.29, 1.82) is 0 Å². The molecule has 84 valence electrons. The van der Waals surface area contributed by atoms with Crippen LogP contribution in [0, 0.1) is 17.8 Å². The van der Waals surface area contributed by atoms with E-state index in [0.29, 0.717) is 5.88 Å². The van der Waals surface area contributed by atoms with E-state index in [4.69, 9.17) is 16.3 Å². The molecule has 0 heterocycles. The van der Waals surface area contributed by atoms with Gasteiger partial charge in [-0.05, 0) is 24.5 Å². The summed E-state index contributed by atoms with van der Waals surface area (Å²) in [6.45, 7) is 0.796. The van der Waals surface area contributed by atoms with Crippen LogP contribution >= 0.6 is 11.6 Å². The zero-order chi connectivity index (χ0) is 11.2. The van der Waals surface area contributed by atoms with Gasteiger partial charge in [0, 0.05) is 0 Å². The lowest BCUT2D eigenvalue weighted by atomic mass is 10.2. The fourth-order valence-electron chi connectivity index (χ4n) is 1.57. The maximum absolute atomic E-state index is 5.74. The topological polar surface area (TPSA) is 9.23 Å². The highest BCUT2D eigenvalue weighted by molar-refractivity contribution is 6.19. The van der Waals surface area contributed by atoms with E-state index >= 15 is 0 Å². The van der Waals surface area contributed by atoms with E-state index in [0.717, 1.165) is 30.3 Å². The standard InChI is InChI=1S/C14H15ClO/c15-10-3-5-13-4-1-2-6-14(13)16-11-9-12-7-8-12/h1-2,4,6,12H,7-11H2. The van der Waals surface area contributed by atoms with Crippen LogP contribution in [0.4, 0.5) is 0 Å². The molecule has 1 fully saturated rings. The van der Waals surface area contributed by atoms with E-state index < -0.39 is 0 Å². The molecule has 0 spiro atoms. The Kier molecular flexibility index (Phi) is 4.13. The monoisotopic (exact) mass is 234 g/mol. The third-order valence-electron chi connectivity index (χ3n) is 2.66. The molecule has 0 unspecified atom stereocenters. The summed E-state index contributed by atoms with van der Waals surface area (Å²) in [5.41, 5.74) is 0.930. The molecule has 2 heteroatoms. The average Bonchev–Trinajstić information content (AvgIpc) is 3.12. The SMILES string of the molecule is ClCC#Cc1ccccc1OCCC1CC1. The van der Waals surface area contributed by atoms with Gasteiger partial charge in [0.25, 0.3) is 0 Å². The van der Waals surface area contributed by atoms with Crippen LogP contribution in [0.5, 0.6) is 5.75 Å². The van der Waals surface area contributed by atoms with Gasteiger partial charge in [0.05, 0.1) is 18.1 Å². The van der Waals surface area contributed by atoms with Gasteiger partial charge in [-0.15, -0.1) is 11.6 Å². The molecule has 0 N–H and O–H groups in total. The molecule has 16 heavy (non-hydrogen) atoms. The molecule has 0 atom stereocenters. The lowest BCUT2D eigenvalue weighted by Gasteiger charge is -2.07. The first-order valence-corrected chi connectivity index (χ1v) is 6.20. The van der Waals surface area contributed by atoms with E-state index in [-0.39, 0.29) is 0 Å². The van der Waals surface area contributed by atoms with Gasteiger partial charge in [-0.1, -0.05) is 36.8 Å². The molecule has 0 aliphatic heterocycles. The van der Waals surface area contributed by atoms with Crippen molar-refractivity contribution in [1.82, 2.24) is 0 Å². The molecule has 1 nitrogen and oxygen atoms in total. The highest BCUT2D eigenvalue weighted by Gasteiger charge is 2.20. The molecule has 1 saturated carbocycles. The molecule has 0 radical (unpaired) electrons. The number of hydrogen-bond donors (Lipinski definition) is 0. The second-order valence-electron chi connectivity index (χ2n) is 4.01. The van der Waals surface area contributed by atoms with Crippen LogP contribution in [-0.4, -0.2) is 12.5 Å². The Morgan fingerprint density at radius 1 is 1.31 bits per heavy atom. The Balaban J connectivity index is 1.94. The van der Waals surface area contributed by atoms with Gasteiger partial charge in [0.2, 0.25) is 0 Å². The quantitative estimate of drug-likeness (QED) is 0.573. The van der Waals surface area contributed by atoms with Crippen molar-refractivity contribution in [2.75, 3.05) is 12.5 Å². The zero-order valence-electron chi connectivity index (χ0n) is 9.21. The van der Waals surface area contributed by atoms with Crippen LogP contribution in [0.25, 0.3) is 0 Å². The van der Waals surface area contributed by atoms with Crippen molar-refractivity contribution >= 4 is 11.6 Å². The largest absolute Gasteiger partial charge is 0.492 e. The molecule has 0 amide bonds. The summed E-state index contributed by atoms with van der Waals surface area (Å²) in [5.74, 6) is 8.00. The number of ether oxygens (including phenoxy) is 1. The van der Waals surface area contributed by atoms with E-state index in [2.05, 4.69) is 11.8 Å². The Morgan fingerprint density at radius 3 is 2.88 bits per heavy atom. The fraction of sp³-hybridized carbons (Fsp3) is 0.429. The minimum atomic E-state index is 0.358. The van der Waals surface area contributed by atoms with Crippen LogP contribution in [-0.2, 0) is 0 Å². The maximum atomic E-state index is 5.74. The lowest BCUT2D eigenvalue weighted by Crippen LogP contribution is -1.99. The first kappa shape index (κ1) is 11.4. The predicted molar refractivity (Wildman–Crippen MR) is 66.9 cm³/mol. The summed E-state index contributed by atoms with van der Waals surface area (Å²) in [5, 5.41) is 0. The summed E-state index contributed by atoms with van der Waals surface area (Å²) in [7, 11) is 0. The van der Waals surface area contributed by atoms with Crippen LogP contribution in [0.15, 0.2) is 24.3 Å². The van der Waals surface area contributed by atoms with Gasteiger partial charge in [-0.25, -0.2) is 0 Å². The van der Waals surface area contributed by atoms with Crippen LogP contribution in [0.3, 0.4) is 0 Å². The van der Waals surface area contributed by atoms with Gasteiger partial charge in [-0.2, -0.15) is 0 Å². The molecule has 1 aliphatic carbocycles. The Labute approximate surface area is 102 Å². The third kappa shape index (κ3) is 3.47. The molecule has 0 aromatic heterocycles. The molecule has 1 aromatic rings. The average molecular weight is 235 g/mol. The van der Waals surface area contributed by atoms with Gasteiger partial charge in [0.1, 0.15) is 5.75 Å². The van der Waals surface area contributed by atoms with Crippen molar-refractivity contribution in [3.63, 3.8) is 0 Å². The third-order valence-corrected chi connectivity index (χ3v) is 2.79. The summed E-state index contributed by atoms with van der Waals surface area (Å²) >= 11 is 5.54. The van der Waals surface area contributed by atoms with Gasteiger partial charge < -0.3 is 4.74 Å². The van der Waals surface area contributed by atoms with E-state index in [1.54, 1.807) is 0 Å². The number of alkyl halides is 1. The van der Waals surface area contributed by atoms with Crippen molar-refractivity contribution in [3.05, 3.63) is 29.8 Å². The number of hydrogen-bond acceptors (Lipinski definition) is 1. The highest BCUT2D eigenvalue weighted by Crippen LogP contribution is 2.32. The van der Waals surface area contributed by atoms with Crippen LogP contribution in [0.1, 0.15) is 24.8 Å². The first-order valence-electron chi connectivity index (χ1n) is 5.67. The lowest BCUT2D eigenvalue weighted by molar-refractivity contribution is 0.301. The predicted octanol–water partition coefficient (Wildman–Crippen LogP) is 3.46. The van der Waals surface area contributed by atoms with Crippen molar-refractivity contribution in [2.45, 2.75) is 19.3 Å². The summed E-state index contributed by atoms with van der Waals surface area (Å²) < 4.78 is 5.74. The van der Waals surface area contributed by atoms with E-state index in [1.807, 2.05) is 24.3 Å². The Morgan fingerprint density at radius 2 is 2.12 bits per heavy atom. The number of rotatable bonds is 4. The van der Waals surface area contributed by atoms with Crippen molar-refractivity contribution in [3.8, 4) is 17.6 Å². The van der Waals surface area contributed by atoms with Crippen molar-refractivity contribution < 1.29 is 4.74 Å². The van der Waals surface area contributed by atoms with Crippen LogP contribution in [0.2, 0.25) is 0 Å².